The van der Waals surface area contributed by atoms with E-state index in [1.807, 2.05) is 0 Å². The van der Waals surface area contributed by atoms with Crippen molar-refractivity contribution in [2.24, 2.45) is 0 Å². The average molecular weight is 435 g/mol. The van der Waals surface area contributed by atoms with Crippen molar-refractivity contribution in [3.63, 3.8) is 0 Å². The molecule has 2 N–H and O–H groups in total. The van der Waals surface area contributed by atoms with Gasteiger partial charge in [-0.05, 0) is 67.1 Å². The van der Waals surface area contributed by atoms with E-state index >= 15 is 0 Å². The molecule has 0 saturated heterocycles. The van der Waals surface area contributed by atoms with Gasteiger partial charge in [-0.15, -0.1) is 0 Å². The van der Waals surface area contributed by atoms with Crippen LogP contribution in [0.15, 0.2) is 66.7 Å². The van der Waals surface area contributed by atoms with E-state index in [9.17, 15) is 19.7 Å². The Morgan fingerprint density at radius 1 is 0.938 bits per heavy atom. The smallest absolute Gasteiger partial charge is 0.311 e. The van der Waals surface area contributed by atoms with Crippen molar-refractivity contribution in [2.45, 2.75) is 6.92 Å². The number of ether oxygens (including phenoxy) is 2. The molecule has 0 fully saturated rings. The fourth-order valence-electron chi connectivity index (χ4n) is 2.82. The molecule has 32 heavy (non-hydrogen) atoms. The van der Waals surface area contributed by atoms with Gasteiger partial charge in [0.25, 0.3) is 11.8 Å². The zero-order valence-corrected chi connectivity index (χ0v) is 17.5. The monoisotopic (exact) mass is 435 g/mol. The summed E-state index contributed by atoms with van der Waals surface area (Å²) in [7, 11) is 1.56. The quantitative estimate of drug-likeness (QED) is 0.405. The maximum absolute atomic E-state index is 12.4. The van der Waals surface area contributed by atoms with E-state index in [0.29, 0.717) is 28.3 Å². The molecule has 0 atom stereocenters. The molecule has 0 aliphatic heterocycles. The van der Waals surface area contributed by atoms with Crippen molar-refractivity contribution in [3.8, 4) is 11.5 Å². The molecule has 9 nitrogen and oxygen atoms in total. The first-order valence-electron chi connectivity index (χ1n) is 9.59. The van der Waals surface area contributed by atoms with Crippen molar-refractivity contribution in [2.75, 3.05) is 24.4 Å². The maximum Gasteiger partial charge on any atom is 0.311 e. The Morgan fingerprint density at radius 3 is 2.19 bits per heavy atom. The molecule has 2 amide bonds. The van der Waals surface area contributed by atoms with Crippen LogP contribution in [0.2, 0.25) is 0 Å². The molecule has 0 saturated carbocycles. The zero-order valence-electron chi connectivity index (χ0n) is 17.5. The summed E-state index contributed by atoms with van der Waals surface area (Å²) >= 11 is 0. The van der Waals surface area contributed by atoms with Crippen molar-refractivity contribution < 1.29 is 24.0 Å². The number of rotatable bonds is 8. The molecule has 0 heterocycles. The van der Waals surface area contributed by atoms with Gasteiger partial charge in [-0.25, -0.2) is 0 Å². The lowest BCUT2D eigenvalue weighted by molar-refractivity contribution is -0.385. The lowest BCUT2D eigenvalue weighted by Crippen LogP contribution is -2.20. The number of aryl methyl sites for hydroxylation is 1. The molecule has 0 unspecified atom stereocenters. The Labute approximate surface area is 184 Å². The number of nitrogens with one attached hydrogen (secondary N) is 2. The third-order valence-electron chi connectivity index (χ3n) is 4.45. The maximum atomic E-state index is 12.4. The molecule has 0 spiro atoms. The van der Waals surface area contributed by atoms with E-state index in [-0.39, 0.29) is 17.3 Å². The van der Waals surface area contributed by atoms with Gasteiger partial charge < -0.3 is 20.1 Å². The molecule has 9 heteroatoms. The first kappa shape index (κ1) is 22.3. The Morgan fingerprint density at radius 2 is 1.56 bits per heavy atom. The number of benzene rings is 3. The zero-order chi connectivity index (χ0) is 23.1. The highest BCUT2D eigenvalue weighted by Gasteiger charge is 2.16. The van der Waals surface area contributed by atoms with E-state index in [2.05, 4.69) is 10.6 Å². The van der Waals surface area contributed by atoms with Crippen LogP contribution in [-0.2, 0) is 4.79 Å². The fraction of sp³-hybridized carbons (Fsp3) is 0.130. The van der Waals surface area contributed by atoms with Gasteiger partial charge in [-0.2, -0.15) is 0 Å². The minimum atomic E-state index is -0.560. The summed E-state index contributed by atoms with van der Waals surface area (Å²) < 4.78 is 10.4. The van der Waals surface area contributed by atoms with Crippen LogP contribution in [-0.4, -0.2) is 30.5 Å². The number of nitrogens with zero attached hydrogens (tertiary/aromatic N) is 1. The molecular formula is C23H21N3O6. The lowest BCUT2D eigenvalue weighted by atomic mass is 10.2. The highest BCUT2D eigenvalue weighted by atomic mass is 16.6. The standard InChI is InChI=1S/C23H21N3O6/c1-15-3-12-21(20(13-15)26(29)30)32-14-22(27)24-17-6-4-16(5-7-17)23(28)25-18-8-10-19(31-2)11-9-18/h3-13H,14H2,1-2H3,(H,24,27)(H,25,28). The van der Waals surface area contributed by atoms with Gasteiger partial charge in [0.15, 0.2) is 12.4 Å². The van der Waals surface area contributed by atoms with E-state index in [0.717, 1.165) is 0 Å². The topological polar surface area (TPSA) is 120 Å². The van der Waals surface area contributed by atoms with E-state index in [1.165, 1.54) is 12.1 Å². The largest absolute Gasteiger partial charge is 0.497 e. The Balaban J connectivity index is 1.55. The molecular weight excluding hydrogens is 414 g/mol. The normalized spacial score (nSPS) is 10.2. The number of nitro benzene ring substituents is 1. The van der Waals surface area contributed by atoms with Crippen LogP contribution >= 0.6 is 0 Å². The lowest BCUT2D eigenvalue weighted by Gasteiger charge is -2.09. The number of carbonyl (C=O) groups is 2. The molecule has 0 radical (unpaired) electrons. The van der Waals surface area contributed by atoms with Crippen molar-refractivity contribution in [1.29, 1.82) is 0 Å². The second-order valence-corrected chi connectivity index (χ2v) is 6.83. The highest BCUT2D eigenvalue weighted by molar-refractivity contribution is 6.04. The third-order valence-corrected chi connectivity index (χ3v) is 4.45. The van der Waals surface area contributed by atoms with Gasteiger partial charge in [0.2, 0.25) is 0 Å². The third kappa shape index (κ3) is 5.82. The average Bonchev–Trinajstić information content (AvgIpc) is 2.79. The summed E-state index contributed by atoms with van der Waals surface area (Å²) in [5.74, 6) is -0.0938. The van der Waals surface area contributed by atoms with Crippen LogP contribution in [0, 0.1) is 17.0 Å². The van der Waals surface area contributed by atoms with Gasteiger partial charge in [-0.1, -0.05) is 6.07 Å². The number of hydrogen-bond donors (Lipinski definition) is 2. The number of hydrogen-bond acceptors (Lipinski definition) is 6. The summed E-state index contributed by atoms with van der Waals surface area (Å²) in [5, 5.41) is 16.5. The first-order valence-corrected chi connectivity index (χ1v) is 9.59. The molecule has 0 aliphatic rings. The minimum absolute atomic E-state index is 0.0151. The van der Waals surface area contributed by atoms with Crippen LogP contribution in [0.25, 0.3) is 0 Å². The summed E-state index contributed by atoms with van der Waals surface area (Å²) in [6, 6.07) is 17.7. The second-order valence-electron chi connectivity index (χ2n) is 6.83. The Kier molecular flexibility index (Phi) is 7.02. The van der Waals surface area contributed by atoms with Gasteiger partial charge in [0.05, 0.1) is 12.0 Å². The van der Waals surface area contributed by atoms with Gasteiger partial charge in [-0.3, -0.25) is 19.7 Å². The predicted molar refractivity (Wildman–Crippen MR) is 119 cm³/mol. The number of amides is 2. The number of anilines is 2. The second kappa shape index (κ2) is 10.1. The summed E-state index contributed by atoms with van der Waals surface area (Å²) in [4.78, 5) is 35.1. The Hall–Kier alpha value is -4.40. The van der Waals surface area contributed by atoms with E-state index < -0.39 is 17.4 Å². The Bertz CT molecular complexity index is 1130. The summed E-state index contributed by atoms with van der Waals surface area (Å²) in [5.41, 5.74) is 1.99. The van der Waals surface area contributed by atoms with Crippen molar-refractivity contribution in [1.82, 2.24) is 0 Å². The van der Waals surface area contributed by atoms with Crippen LogP contribution in [0.5, 0.6) is 11.5 Å². The summed E-state index contributed by atoms with van der Waals surface area (Å²) in [6.07, 6.45) is 0. The highest BCUT2D eigenvalue weighted by Crippen LogP contribution is 2.27. The van der Waals surface area contributed by atoms with Crippen LogP contribution in [0.1, 0.15) is 15.9 Å². The van der Waals surface area contributed by atoms with E-state index in [4.69, 9.17) is 9.47 Å². The number of nitro groups is 1. The molecule has 0 aliphatic carbocycles. The molecule has 3 aromatic carbocycles. The minimum Gasteiger partial charge on any atom is -0.497 e. The molecule has 0 aromatic heterocycles. The number of carbonyl (C=O) groups excluding carboxylic acids is 2. The van der Waals surface area contributed by atoms with Crippen molar-refractivity contribution >= 4 is 28.9 Å². The SMILES string of the molecule is COc1ccc(NC(=O)c2ccc(NC(=O)COc3ccc(C)cc3[N+](=O)[O-])cc2)cc1. The summed E-state index contributed by atoms with van der Waals surface area (Å²) in [6.45, 7) is 1.33. The first-order chi connectivity index (χ1) is 15.4. The van der Waals surface area contributed by atoms with Gasteiger partial charge >= 0.3 is 5.69 Å². The molecule has 3 rings (SSSR count). The molecule has 164 valence electrons. The van der Waals surface area contributed by atoms with Crippen molar-refractivity contribution in [3.05, 3.63) is 88.0 Å². The van der Waals surface area contributed by atoms with Gasteiger partial charge in [0, 0.05) is 23.0 Å². The van der Waals surface area contributed by atoms with Gasteiger partial charge in [0.1, 0.15) is 5.75 Å². The predicted octanol–water partition coefficient (Wildman–Crippen LogP) is 4.18. The van der Waals surface area contributed by atoms with Crippen LogP contribution in [0.4, 0.5) is 17.1 Å². The van der Waals surface area contributed by atoms with Crippen LogP contribution < -0.4 is 20.1 Å². The van der Waals surface area contributed by atoms with E-state index in [1.54, 1.807) is 68.6 Å². The molecule has 0 bridgehead atoms. The fourth-order valence-corrected chi connectivity index (χ4v) is 2.82. The number of methoxy groups -OCH3 is 1. The van der Waals surface area contributed by atoms with Crippen LogP contribution in [0.3, 0.4) is 0 Å². The molecule has 3 aromatic rings.